The van der Waals surface area contributed by atoms with Crippen molar-refractivity contribution < 1.29 is 42.5 Å². The first kappa shape index (κ1) is 27.4. The summed E-state index contributed by atoms with van der Waals surface area (Å²) in [7, 11) is 0. The van der Waals surface area contributed by atoms with Crippen molar-refractivity contribution in [2.75, 3.05) is 6.61 Å². The Morgan fingerprint density at radius 1 is 1.30 bits per heavy atom. The van der Waals surface area contributed by atoms with E-state index in [0.29, 0.717) is 0 Å². The molecular formula is C11H17AgBrNO6. The van der Waals surface area contributed by atoms with Crippen molar-refractivity contribution in [3.8, 4) is 5.75 Å². The molecule has 0 aliphatic rings. The van der Waals surface area contributed by atoms with Gasteiger partial charge in [-0.1, -0.05) is 12.1 Å². The molecule has 0 heterocycles. The summed E-state index contributed by atoms with van der Waals surface area (Å²) in [6, 6.07) is 7.04. The number of rotatable bonds is 0. The van der Waals surface area contributed by atoms with Crippen molar-refractivity contribution in [1.82, 2.24) is 0 Å². The van der Waals surface area contributed by atoms with Crippen LogP contribution in [0.2, 0.25) is 0 Å². The smallest absolute Gasteiger partial charge is 0.507 e. The molecule has 0 fully saturated rings. The van der Waals surface area contributed by atoms with Crippen molar-refractivity contribution in [1.29, 1.82) is 0 Å². The summed E-state index contributed by atoms with van der Waals surface area (Å²) < 4.78 is 0.736. The molecule has 1 rings (SSSR count). The predicted octanol–water partition coefficient (Wildman–Crippen LogP) is 2.51. The van der Waals surface area contributed by atoms with Gasteiger partial charge in [-0.05, 0) is 48.8 Å². The molecule has 2 N–H and O–H groups in total. The SMILES string of the molecule is CC(C)=O.CCO.O=[N+]([O-])[O-].Oc1ccccc1Br.[Ag+]. The Bertz CT molecular complexity index is 324. The zero-order valence-corrected chi connectivity index (χ0v) is 14.2. The molecule has 0 unspecified atom stereocenters. The standard InChI is InChI=1S/C6H5BrO.C3H6O.C2H6O.Ag.NO3/c7-5-3-1-2-4-6(5)8;1-3(2)4;1-2-3;;2-1(3)4/h1-4,8H;1-2H3;3H,2H2,1H3;;/q;;;+1;-1. The van der Waals surface area contributed by atoms with Gasteiger partial charge < -0.3 is 30.3 Å². The fraction of sp³-hybridized carbons (Fsp3) is 0.364. The van der Waals surface area contributed by atoms with E-state index in [1.165, 1.54) is 13.8 Å². The van der Waals surface area contributed by atoms with Gasteiger partial charge in [-0.25, -0.2) is 0 Å². The number of Topliss-reactive ketones (excluding diaryl/α,β-unsaturated/α-hetero) is 1. The molecular weight excluding hydrogens is 430 g/mol. The van der Waals surface area contributed by atoms with Crippen LogP contribution in [0.1, 0.15) is 20.8 Å². The van der Waals surface area contributed by atoms with Gasteiger partial charge in [0, 0.05) is 6.61 Å². The van der Waals surface area contributed by atoms with E-state index in [-0.39, 0.29) is 40.5 Å². The molecule has 0 aromatic heterocycles. The molecule has 0 spiro atoms. The Labute approximate surface area is 141 Å². The van der Waals surface area contributed by atoms with Crippen LogP contribution in [0.3, 0.4) is 0 Å². The Kier molecular flexibility index (Phi) is 28.0. The number of nitrogens with zero attached hydrogens (tertiary/aromatic N) is 1. The number of aliphatic hydroxyl groups excluding tert-OH is 1. The van der Waals surface area contributed by atoms with E-state index in [0.717, 1.165) is 4.47 Å². The topological polar surface area (TPSA) is 124 Å². The van der Waals surface area contributed by atoms with Gasteiger partial charge >= 0.3 is 22.4 Å². The largest absolute Gasteiger partial charge is 1.00 e. The van der Waals surface area contributed by atoms with E-state index in [4.69, 9.17) is 25.5 Å². The first-order chi connectivity index (χ1) is 8.68. The van der Waals surface area contributed by atoms with E-state index in [1.54, 1.807) is 25.1 Å². The van der Waals surface area contributed by atoms with Crippen molar-refractivity contribution in [3.05, 3.63) is 44.1 Å². The van der Waals surface area contributed by atoms with Crippen LogP contribution >= 0.6 is 15.9 Å². The number of hydrogen-bond acceptors (Lipinski definition) is 6. The zero-order chi connectivity index (χ0) is 15.8. The Morgan fingerprint density at radius 3 is 1.70 bits per heavy atom. The minimum absolute atomic E-state index is 0. The number of benzene rings is 1. The number of hydrogen-bond donors (Lipinski definition) is 2. The third kappa shape index (κ3) is 43.5. The fourth-order valence-corrected chi connectivity index (χ4v) is 0.737. The number of carbonyl (C=O) groups is 1. The molecule has 0 aliphatic carbocycles. The number of carbonyl (C=O) groups excluding carboxylic acids is 1. The maximum absolute atomic E-state index is 9.44. The molecule has 20 heavy (non-hydrogen) atoms. The Balaban J connectivity index is -0.0000000927. The van der Waals surface area contributed by atoms with Crippen molar-refractivity contribution in [2.24, 2.45) is 0 Å². The van der Waals surface area contributed by atoms with Crippen LogP contribution in [-0.4, -0.2) is 27.7 Å². The fourth-order valence-electron chi connectivity index (χ4n) is 0.452. The third-order valence-electron chi connectivity index (χ3n) is 0.852. The number of aliphatic hydroxyl groups is 1. The number of phenols is 1. The van der Waals surface area contributed by atoms with Crippen LogP contribution in [0.5, 0.6) is 5.75 Å². The number of halogens is 1. The first-order valence-electron chi connectivity index (χ1n) is 5.02. The summed E-state index contributed by atoms with van der Waals surface area (Å²) in [4.78, 5) is 17.7. The molecule has 9 heteroatoms. The maximum atomic E-state index is 9.44. The zero-order valence-electron chi connectivity index (χ0n) is 11.2. The predicted molar refractivity (Wildman–Crippen MR) is 75.3 cm³/mol. The van der Waals surface area contributed by atoms with E-state index >= 15 is 0 Å². The van der Waals surface area contributed by atoms with Crippen LogP contribution in [0.4, 0.5) is 0 Å². The quantitative estimate of drug-likeness (QED) is 0.358. The van der Waals surface area contributed by atoms with Crippen LogP contribution in [0.15, 0.2) is 28.7 Å². The summed E-state index contributed by atoms with van der Waals surface area (Å²) >= 11 is 3.15. The second-order valence-corrected chi connectivity index (χ2v) is 3.75. The molecule has 0 saturated heterocycles. The molecule has 0 saturated carbocycles. The van der Waals surface area contributed by atoms with Gasteiger partial charge in [0.25, 0.3) is 0 Å². The van der Waals surface area contributed by atoms with Gasteiger partial charge in [0.05, 0.1) is 9.56 Å². The Hall–Kier alpha value is -0.930. The van der Waals surface area contributed by atoms with Gasteiger partial charge in [0.1, 0.15) is 11.5 Å². The second-order valence-electron chi connectivity index (χ2n) is 2.90. The van der Waals surface area contributed by atoms with Gasteiger partial charge in [-0.2, -0.15) is 0 Å². The van der Waals surface area contributed by atoms with Gasteiger partial charge in [0.15, 0.2) is 0 Å². The molecule has 0 bridgehead atoms. The number of aromatic hydroxyl groups is 1. The average Bonchev–Trinajstić information content (AvgIpc) is 2.22. The summed E-state index contributed by atoms with van der Waals surface area (Å²) in [5.41, 5.74) is 0. The van der Waals surface area contributed by atoms with Crippen molar-refractivity contribution in [3.63, 3.8) is 0 Å². The molecule has 0 aliphatic heterocycles. The van der Waals surface area contributed by atoms with E-state index in [9.17, 15) is 4.79 Å². The molecule has 7 nitrogen and oxygen atoms in total. The summed E-state index contributed by atoms with van der Waals surface area (Å²) in [6.07, 6.45) is 0. The van der Waals surface area contributed by atoms with E-state index in [2.05, 4.69) is 15.9 Å². The van der Waals surface area contributed by atoms with Crippen LogP contribution in [0, 0.1) is 15.3 Å². The van der Waals surface area contributed by atoms with Crippen LogP contribution < -0.4 is 0 Å². The monoisotopic (exact) mass is 445 g/mol. The summed E-state index contributed by atoms with van der Waals surface area (Å²) in [5, 5.41) is 31.2. The van der Waals surface area contributed by atoms with Crippen molar-refractivity contribution >= 4 is 21.7 Å². The minimum atomic E-state index is -1.75. The van der Waals surface area contributed by atoms with Gasteiger partial charge in [-0.15, -0.1) is 0 Å². The molecule has 1 aromatic rings. The summed E-state index contributed by atoms with van der Waals surface area (Å²) in [5.74, 6) is 0.451. The first-order valence-corrected chi connectivity index (χ1v) is 5.81. The van der Waals surface area contributed by atoms with Gasteiger partial charge in [-0.3, -0.25) is 0 Å². The normalized spacial score (nSPS) is 7.05. The second kappa shape index (κ2) is 20.4. The molecule has 0 atom stereocenters. The average molecular weight is 447 g/mol. The minimum Gasteiger partial charge on any atom is -0.507 e. The number of phenolic OH excluding ortho intramolecular Hbond substituents is 1. The van der Waals surface area contributed by atoms with Crippen LogP contribution in [-0.2, 0) is 27.2 Å². The van der Waals surface area contributed by atoms with E-state index < -0.39 is 5.09 Å². The molecule has 0 radical (unpaired) electrons. The number of ketones is 1. The summed E-state index contributed by atoms with van der Waals surface area (Å²) in [6.45, 7) is 4.99. The van der Waals surface area contributed by atoms with E-state index in [1.807, 2.05) is 6.07 Å². The third-order valence-corrected chi connectivity index (χ3v) is 1.52. The molecule has 120 valence electrons. The number of para-hydroxylation sites is 1. The van der Waals surface area contributed by atoms with Gasteiger partial charge in [0.2, 0.25) is 0 Å². The molecule has 1 aromatic carbocycles. The maximum Gasteiger partial charge on any atom is 1.00 e. The molecule has 0 amide bonds. The Morgan fingerprint density at radius 2 is 1.55 bits per heavy atom. The van der Waals surface area contributed by atoms with Crippen LogP contribution in [0.25, 0.3) is 0 Å². The van der Waals surface area contributed by atoms with Crippen molar-refractivity contribution in [2.45, 2.75) is 20.8 Å².